The quantitative estimate of drug-likeness (QED) is 0.650. The molecule has 0 N–H and O–H groups in total. The summed E-state index contributed by atoms with van der Waals surface area (Å²) < 4.78 is 0. The van der Waals surface area contributed by atoms with Crippen LogP contribution in [0.2, 0.25) is 0 Å². The highest BCUT2D eigenvalue weighted by Crippen LogP contribution is 2.17. The minimum Gasteiger partial charge on any atom is -0.192 e. The average molecular weight is 170 g/mol. The Hall–Kier alpha value is -1.80. The number of nitriles is 2. The molecule has 1 rings (SSSR count). The van der Waals surface area contributed by atoms with Crippen LogP contribution in [0.15, 0.2) is 18.2 Å². The minimum atomic E-state index is 0.348. The fraction of sp³-hybridized carbons (Fsp3) is 0.273. The van der Waals surface area contributed by atoms with Gasteiger partial charge in [0.05, 0.1) is 23.3 Å². The molecule has 0 radical (unpaired) electrons. The van der Waals surface area contributed by atoms with Gasteiger partial charge in [-0.05, 0) is 29.7 Å². The summed E-state index contributed by atoms with van der Waals surface area (Å²) in [6.07, 6.45) is 0. The first-order valence-corrected chi connectivity index (χ1v) is 4.12. The number of hydrogen-bond acceptors (Lipinski definition) is 2. The van der Waals surface area contributed by atoms with Crippen LogP contribution in [0.3, 0.4) is 0 Å². The summed E-state index contributed by atoms with van der Waals surface area (Å²) in [6, 6.07) is 9.34. The summed E-state index contributed by atoms with van der Waals surface area (Å²) in [5.74, 6) is 0.348. The van der Waals surface area contributed by atoms with E-state index in [1.54, 1.807) is 6.07 Å². The highest BCUT2D eigenvalue weighted by Gasteiger charge is 2.03. The van der Waals surface area contributed by atoms with E-state index in [9.17, 15) is 0 Å². The predicted octanol–water partition coefficient (Wildman–Crippen LogP) is 2.55. The van der Waals surface area contributed by atoms with Gasteiger partial charge in [-0.25, -0.2) is 0 Å². The number of benzene rings is 1. The second kappa shape index (κ2) is 3.74. The summed E-state index contributed by atoms with van der Waals surface area (Å²) >= 11 is 0. The molecule has 0 unspecified atom stereocenters. The van der Waals surface area contributed by atoms with Gasteiger partial charge in [-0.2, -0.15) is 10.5 Å². The maximum Gasteiger partial charge on any atom is 0.0992 e. The molecule has 13 heavy (non-hydrogen) atoms. The zero-order valence-electron chi connectivity index (χ0n) is 7.70. The molecule has 2 nitrogen and oxygen atoms in total. The first-order valence-electron chi connectivity index (χ1n) is 4.12. The molecule has 0 aromatic heterocycles. The molecule has 0 aliphatic heterocycles. The Morgan fingerprint density at radius 1 is 1.00 bits per heavy atom. The average Bonchev–Trinajstić information content (AvgIpc) is 2.16. The maximum absolute atomic E-state index is 8.70. The van der Waals surface area contributed by atoms with E-state index in [0.717, 1.165) is 5.56 Å². The second-order valence-electron chi connectivity index (χ2n) is 3.22. The standard InChI is InChI=1S/C11H10N2/c1-8(2)11-4-9(6-12)3-10(5-11)7-13/h3-5,8H,1-2H3. The fourth-order valence-corrected chi connectivity index (χ4v) is 1.11. The summed E-state index contributed by atoms with van der Waals surface area (Å²) in [7, 11) is 0. The number of rotatable bonds is 1. The highest BCUT2D eigenvalue weighted by atomic mass is 14.3. The molecule has 0 bridgehead atoms. The van der Waals surface area contributed by atoms with Crippen molar-refractivity contribution in [3.05, 3.63) is 34.9 Å². The van der Waals surface area contributed by atoms with E-state index in [4.69, 9.17) is 10.5 Å². The Bertz CT molecular complexity index is 359. The van der Waals surface area contributed by atoms with Gasteiger partial charge in [0.1, 0.15) is 0 Å². The summed E-state index contributed by atoms with van der Waals surface area (Å²) in [4.78, 5) is 0. The smallest absolute Gasteiger partial charge is 0.0992 e. The molecule has 0 saturated carbocycles. The molecule has 0 spiro atoms. The van der Waals surface area contributed by atoms with Crippen molar-refractivity contribution in [2.75, 3.05) is 0 Å². The number of hydrogen-bond donors (Lipinski definition) is 0. The highest BCUT2D eigenvalue weighted by molar-refractivity contribution is 5.43. The molecular weight excluding hydrogens is 160 g/mol. The van der Waals surface area contributed by atoms with E-state index in [1.165, 1.54) is 0 Å². The van der Waals surface area contributed by atoms with Gasteiger partial charge in [0.25, 0.3) is 0 Å². The van der Waals surface area contributed by atoms with E-state index < -0.39 is 0 Å². The topological polar surface area (TPSA) is 47.6 Å². The van der Waals surface area contributed by atoms with E-state index in [2.05, 4.69) is 0 Å². The summed E-state index contributed by atoms with van der Waals surface area (Å²) in [5, 5.41) is 17.4. The van der Waals surface area contributed by atoms with Crippen molar-refractivity contribution in [1.82, 2.24) is 0 Å². The largest absolute Gasteiger partial charge is 0.192 e. The van der Waals surface area contributed by atoms with Crippen LogP contribution < -0.4 is 0 Å². The van der Waals surface area contributed by atoms with Crippen molar-refractivity contribution < 1.29 is 0 Å². The van der Waals surface area contributed by atoms with Crippen molar-refractivity contribution in [3.8, 4) is 12.1 Å². The van der Waals surface area contributed by atoms with Crippen LogP contribution >= 0.6 is 0 Å². The lowest BCUT2D eigenvalue weighted by molar-refractivity contribution is 0.865. The molecule has 0 saturated heterocycles. The zero-order valence-corrected chi connectivity index (χ0v) is 7.70. The third-order valence-electron chi connectivity index (χ3n) is 1.88. The van der Waals surface area contributed by atoms with Crippen LogP contribution in [0, 0.1) is 22.7 Å². The SMILES string of the molecule is CC(C)c1cc(C#N)cc(C#N)c1. The third kappa shape index (κ3) is 2.07. The van der Waals surface area contributed by atoms with Crippen LogP contribution in [-0.2, 0) is 0 Å². The Morgan fingerprint density at radius 3 is 1.77 bits per heavy atom. The van der Waals surface area contributed by atoms with Gasteiger partial charge < -0.3 is 0 Å². The van der Waals surface area contributed by atoms with Gasteiger partial charge in [0.2, 0.25) is 0 Å². The monoisotopic (exact) mass is 170 g/mol. The maximum atomic E-state index is 8.70. The van der Waals surface area contributed by atoms with E-state index >= 15 is 0 Å². The van der Waals surface area contributed by atoms with Crippen LogP contribution in [0.25, 0.3) is 0 Å². The molecule has 0 fully saturated rings. The molecule has 1 aromatic carbocycles. The Balaban J connectivity index is 3.27. The van der Waals surface area contributed by atoms with E-state index in [1.807, 2.05) is 38.1 Å². The Kier molecular flexibility index (Phi) is 2.67. The number of nitrogens with zero attached hydrogens (tertiary/aromatic N) is 2. The summed E-state index contributed by atoms with van der Waals surface area (Å²) in [6.45, 7) is 4.08. The Labute approximate surface area is 78.0 Å². The van der Waals surface area contributed by atoms with Crippen LogP contribution in [0.5, 0.6) is 0 Å². The van der Waals surface area contributed by atoms with Crippen LogP contribution in [0.1, 0.15) is 36.5 Å². The van der Waals surface area contributed by atoms with Gasteiger partial charge in [-0.15, -0.1) is 0 Å². The lowest BCUT2D eigenvalue weighted by Crippen LogP contribution is -1.90. The van der Waals surface area contributed by atoms with E-state index in [0.29, 0.717) is 17.0 Å². The van der Waals surface area contributed by atoms with Crippen molar-refractivity contribution in [2.24, 2.45) is 0 Å². The molecule has 2 heteroatoms. The molecule has 0 atom stereocenters. The third-order valence-corrected chi connectivity index (χ3v) is 1.88. The molecule has 0 aliphatic rings. The van der Waals surface area contributed by atoms with E-state index in [-0.39, 0.29) is 0 Å². The second-order valence-corrected chi connectivity index (χ2v) is 3.22. The van der Waals surface area contributed by atoms with Crippen molar-refractivity contribution in [3.63, 3.8) is 0 Å². The minimum absolute atomic E-state index is 0.348. The van der Waals surface area contributed by atoms with Crippen LogP contribution in [-0.4, -0.2) is 0 Å². The molecule has 0 amide bonds. The van der Waals surface area contributed by atoms with Crippen molar-refractivity contribution >= 4 is 0 Å². The normalized spacial score (nSPS) is 9.31. The first-order chi connectivity index (χ1) is 6.17. The molecule has 0 heterocycles. The summed E-state index contributed by atoms with van der Waals surface area (Å²) in [5.41, 5.74) is 2.15. The van der Waals surface area contributed by atoms with Gasteiger partial charge in [-0.1, -0.05) is 13.8 Å². The Morgan fingerprint density at radius 2 is 1.46 bits per heavy atom. The van der Waals surface area contributed by atoms with Gasteiger partial charge in [0, 0.05) is 0 Å². The van der Waals surface area contributed by atoms with Crippen molar-refractivity contribution in [1.29, 1.82) is 10.5 Å². The zero-order chi connectivity index (χ0) is 9.84. The molecule has 64 valence electrons. The van der Waals surface area contributed by atoms with Crippen molar-refractivity contribution in [2.45, 2.75) is 19.8 Å². The van der Waals surface area contributed by atoms with Crippen LogP contribution in [0.4, 0.5) is 0 Å². The molecule has 1 aromatic rings. The fourth-order valence-electron chi connectivity index (χ4n) is 1.11. The predicted molar refractivity (Wildman–Crippen MR) is 50.0 cm³/mol. The van der Waals surface area contributed by atoms with Gasteiger partial charge in [-0.3, -0.25) is 0 Å². The van der Waals surface area contributed by atoms with Gasteiger partial charge >= 0.3 is 0 Å². The van der Waals surface area contributed by atoms with Gasteiger partial charge in [0.15, 0.2) is 0 Å². The lowest BCUT2D eigenvalue weighted by Gasteiger charge is -2.05. The molecular formula is C11H10N2. The first kappa shape index (κ1) is 9.29. The lowest BCUT2D eigenvalue weighted by atomic mass is 9.98. The molecule has 0 aliphatic carbocycles.